The molecule has 1 aromatic heterocycles. The molecule has 0 unspecified atom stereocenters. The number of carboxylic acid groups (broad SMARTS) is 1. The quantitative estimate of drug-likeness (QED) is 0.373. The average molecular weight is 426 g/mol. The number of thiazole rings is 1. The van der Waals surface area contributed by atoms with Crippen molar-refractivity contribution in [3.8, 4) is 16.3 Å². The molecule has 29 heavy (non-hydrogen) atoms. The first kappa shape index (κ1) is 19.2. The van der Waals surface area contributed by atoms with Gasteiger partial charge in [0, 0.05) is 10.5 Å². The molecule has 3 aromatic carbocycles. The molecule has 0 saturated carbocycles. The standard InChI is InChI=1S/C21H15FN2O3S2/c1-27-18-10-13(21(25)26)4-8-16(18)24-29-15-7-9-19-17(11-15)23-20(28-19)12-2-5-14(22)6-3-12/h2-11,24H,1H3,(H,25,26). The van der Waals surface area contributed by atoms with Gasteiger partial charge in [-0.25, -0.2) is 14.2 Å². The van der Waals surface area contributed by atoms with Gasteiger partial charge in [-0.05, 0) is 72.6 Å². The summed E-state index contributed by atoms with van der Waals surface area (Å²) in [6, 6.07) is 16.9. The number of hydrogen-bond donors (Lipinski definition) is 2. The molecule has 0 amide bonds. The number of nitrogens with zero attached hydrogens (tertiary/aromatic N) is 1. The van der Waals surface area contributed by atoms with E-state index in [4.69, 9.17) is 9.84 Å². The number of nitrogens with one attached hydrogen (secondary N) is 1. The first-order chi connectivity index (χ1) is 14.0. The van der Waals surface area contributed by atoms with Crippen LogP contribution in [0.5, 0.6) is 5.75 Å². The summed E-state index contributed by atoms with van der Waals surface area (Å²) in [4.78, 5) is 16.7. The van der Waals surface area contributed by atoms with Crippen LogP contribution in [0.3, 0.4) is 0 Å². The Hall–Kier alpha value is -3.10. The molecule has 2 N–H and O–H groups in total. The number of benzene rings is 3. The summed E-state index contributed by atoms with van der Waals surface area (Å²) in [5.74, 6) is -0.828. The molecule has 0 aliphatic rings. The molecule has 4 rings (SSSR count). The summed E-state index contributed by atoms with van der Waals surface area (Å²) in [5.41, 5.74) is 2.57. The monoisotopic (exact) mass is 426 g/mol. The van der Waals surface area contributed by atoms with Gasteiger partial charge in [0.25, 0.3) is 0 Å². The van der Waals surface area contributed by atoms with E-state index in [1.807, 2.05) is 18.2 Å². The smallest absolute Gasteiger partial charge is 0.335 e. The second-order valence-corrected chi connectivity index (χ2v) is 7.99. The van der Waals surface area contributed by atoms with Gasteiger partial charge in [-0.15, -0.1) is 11.3 Å². The van der Waals surface area contributed by atoms with E-state index in [1.54, 1.807) is 29.5 Å². The summed E-state index contributed by atoms with van der Waals surface area (Å²) >= 11 is 2.93. The van der Waals surface area contributed by atoms with E-state index < -0.39 is 5.97 Å². The maximum atomic E-state index is 13.1. The van der Waals surface area contributed by atoms with E-state index >= 15 is 0 Å². The third kappa shape index (κ3) is 4.18. The summed E-state index contributed by atoms with van der Waals surface area (Å²) in [5, 5.41) is 9.93. The molecule has 0 bridgehead atoms. The first-order valence-electron chi connectivity index (χ1n) is 8.54. The maximum absolute atomic E-state index is 13.1. The van der Waals surface area contributed by atoms with Crippen LogP contribution in [-0.4, -0.2) is 23.2 Å². The Morgan fingerprint density at radius 2 is 1.93 bits per heavy atom. The van der Waals surface area contributed by atoms with E-state index in [0.717, 1.165) is 25.7 Å². The third-order valence-corrected chi connectivity index (χ3v) is 6.07. The first-order valence-corrected chi connectivity index (χ1v) is 10.2. The van der Waals surface area contributed by atoms with Crippen molar-refractivity contribution in [2.24, 2.45) is 0 Å². The number of halogens is 1. The molecular weight excluding hydrogens is 411 g/mol. The summed E-state index contributed by atoms with van der Waals surface area (Å²) < 4.78 is 22.6. The summed E-state index contributed by atoms with van der Waals surface area (Å²) in [7, 11) is 1.50. The molecule has 0 spiro atoms. The number of hydrogen-bond acceptors (Lipinski definition) is 6. The Bertz CT molecular complexity index is 1190. The van der Waals surface area contributed by atoms with Crippen LogP contribution in [0.2, 0.25) is 0 Å². The van der Waals surface area contributed by atoms with E-state index in [2.05, 4.69) is 9.71 Å². The molecule has 5 nitrogen and oxygen atoms in total. The van der Waals surface area contributed by atoms with Gasteiger partial charge in [0.1, 0.15) is 16.6 Å². The predicted molar refractivity (Wildman–Crippen MR) is 114 cm³/mol. The second kappa shape index (κ2) is 8.10. The molecular formula is C21H15FN2O3S2. The number of fused-ring (bicyclic) bond motifs is 1. The lowest BCUT2D eigenvalue weighted by Crippen LogP contribution is -1.99. The number of methoxy groups -OCH3 is 1. The zero-order valence-corrected chi connectivity index (χ0v) is 16.8. The van der Waals surface area contributed by atoms with Crippen molar-refractivity contribution in [2.75, 3.05) is 11.8 Å². The SMILES string of the molecule is COc1cc(C(=O)O)ccc1NSc1ccc2sc(-c3ccc(F)cc3)nc2c1. The van der Waals surface area contributed by atoms with Gasteiger partial charge in [-0.3, -0.25) is 0 Å². The number of aromatic carboxylic acids is 1. The topological polar surface area (TPSA) is 71.5 Å². The fraction of sp³-hybridized carbons (Fsp3) is 0.0476. The Morgan fingerprint density at radius 3 is 2.66 bits per heavy atom. The Balaban J connectivity index is 1.54. The number of carboxylic acids is 1. The van der Waals surface area contributed by atoms with Gasteiger partial charge in [0.15, 0.2) is 0 Å². The number of rotatable bonds is 6. The van der Waals surface area contributed by atoms with Gasteiger partial charge >= 0.3 is 5.97 Å². The number of carbonyl (C=O) groups is 1. The summed E-state index contributed by atoms with van der Waals surface area (Å²) in [6.45, 7) is 0. The van der Waals surface area contributed by atoms with Gasteiger partial charge < -0.3 is 14.6 Å². The van der Waals surface area contributed by atoms with Crippen molar-refractivity contribution < 1.29 is 19.0 Å². The highest BCUT2D eigenvalue weighted by Gasteiger charge is 2.11. The number of anilines is 1. The van der Waals surface area contributed by atoms with Crippen molar-refractivity contribution in [2.45, 2.75) is 4.90 Å². The van der Waals surface area contributed by atoms with Crippen molar-refractivity contribution in [3.05, 3.63) is 72.0 Å². The molecule has 0 aliphatic carbocycles. The lowest BCUT2D eigenvalue weighted by molar-refractivity contribution is 0.0696. The fourth-order valence-corrected chi connectivity index (χ4v) is 4.36. The largest absolute Gasteiger partial charge is 0.495 e. The normalized spacial score (nSPS) is 10.8. The van der Waals surface area contributed by atoms with Gasteiger partial charge in [-0.2, -0.15) is 0 Å². The highest BCUT2D eigenvalue weighted by Crippen LogP contribution is 2.34. The Kier molecular flexibility index (Phi) is 5.37. The van der Waals surface area contributed by atoms with Crippen molar-refractivity contribution in [1.82, 2.24) is 4.98 Å². The predicted octanol–water partition coefficient (Wildman–Crippen LogP) is 5.93. The van der Waals surface area contributed by atoms with Gasteiger partial charge in [0.05, 0.1) is 28.6 Å². The summed E-state index contributed by atoms with van der Waals surface area (Å²) in [6.07, 6.45) is 0. The molecule has 0 atom stereocenters. The molecule has 0 aliphatic heterocycles. The van der Waals surface area contributed by atoms with Gasteiger partial charge in [-0.1, -0.05) is 0 Å². The van der Waals surface area contributed by atoms with Crippen LogP contribution in [0.4, 0.5) is 10.1 Å². The van der Waals surface area contributed by atoms with Crippen LogP contribution in [-0.2, 0) is 0 Å². The van der Waals surface area contributed by atoms with Crippen LogP contribution in [0.25, 0.3) is 20.8 Å². The fourth-order valence-electron chi connectivity index (χ4n) is 2.71. The Morgan fingerprint density at radius 1 is 1.14 bits per heavy atom. The highest BCUT2D eigenvalue weighted by atomic mass is 32.2. The zero-order valence-electron chi connectivity index (χ0n) is 15.2. The average Bonchev–Trinajstić information content (AvgIpc) is 3.15. The number of ether oxygens (including phenoxy) is 1. The minimum Gasteiger partial charge on any atom is -0.495 e. The van der Waals surface area contributed by atoms with Crippen LogP contribution in [0.1, 0.15) is 10.4 Å². The molecule has 4 aromatic rings. The Labute approximate surface area is 174 Å². The minimum absolute atomic E-state index is 0.162. The maximum Gasteiger partial charge on any atom is 0.335 e. The van der Waals surface area contributed by atoms with Crippen LogP contribution < -0.4 is 9.46 Å². The molecule has 8 heteroatoms. The third-order valence-electron chi connectivity index (χ3n) is 4.18. The molecule has 0 radical (unpaired) electrons. The lowest BCUT2D eigenvalue weighted by Gasteiger charge is -2.11. The van der Waals surface area contributed by atoms with Crippen LogP contribution in [0, 0.1) is 5.82 Å². The highest BCUT2D eigenvalue weighted by molar-refractivity contribution is 8.00. The van der Waals surface area contributed by atoms with E-state index in [-0.39, 0.29) is 11.4 Å². The van der Waals surface area contributed by atoms with E-state index in [9.17, 15) is 9.18 Å². The van der Waals surface area contributed by atoms with Crippen LogP contribution >= 0.6 is 23.3 Å². The van der Waals surface area contributed by atoms with Crippen molar-refractivity contribution in [1.29, 1.82) is 0 Å². The minimum atomic E-state index is -1.01. The van der Waals surface area contributed by atoms with Crippen LogP contribution in [0.15, 0.2) is 65.6 Å². The number of aromatic nitrogens is 1. The van der Waals surface area contributed by atoms with E-state index in [0.29, 0.717) is 11.4 Å². The lowest BCUT2D eigenvalue weighted by atomic mass is 10.2. The molecule has 146 valence electrons. The van der Waals surface area contributed by atoms with Gasteiger partial charge in [0.2, 0.25) is 0 Å². The van der Waals surface area contributed by atoms with Crippen molar-refractivity contribution in [3.63, 3.8) is 0 Å². The molecule has 1 heterocycles. The zero-order chi connectivity index (χ0) is 20.4. The van der Waals surface area contributed by atoms with E-state index in [1.165, 1.54) is 43.3 Å². The molecule has 0 saturated heterocycles. The van der Waals surface area contributed by atoms with Crippen molar-refractivity contribution >= 4 is 45.2 Å². The second-order valence-electron chi connectivity index (χ2n) is 6.08. The molecule has 0 fully saturated rings.